The summed E-state index contributed by atoms with van der Waals surface area (Å²) < 4.78 is 6.58. The Hall–Kier alpha value is -1.34. The van der Waals surface area contributed by atoms with Crippen molar-refractivity contribution in [1.29, 1.82) is 0 Å². The first-order chi connectivity index (χ1) is 10.1. The first kappa shape index (κ1) is 14.6. The number of furan rings is 1. The summed E-state index contributed by atoms with van der Waals surface area (Å²) in [7, 11) is 0. The van der Waals surface area contributed by atoms with E-state index in [4.69, 9.17) is 4.42 Å². The van der Waals surface area contributed by atoms with E-state index in [1.807, 2.05) is 17.0 Å². The number of rotatable bonds is 2. The molecule has 0 unspecified atom stereocenters. The molecular formula is C14H13Br2N3O2. The van der Waals surface area contributed by atoms with Gasteiger partial charge in [-0.05, 0) is 50.1 Å². The topological polar surface area (TPSA) is 49.6 Å². The number of piperazine rings is 1. The summed E-state index contributed by atoms with van der Waals surface area (Å²) in [5.74, 6) is 0.939. The lowest BCUT2D eigenvalue weighted by molar-refractivity contribution is 0.0744. The monoisotopic (exact) mass is 413 g/mol. The van der Waals surface area contributed by atoms with Crippen LogP contribution in [0.1, 0.15) is 10.4 Å². The highest BCUT2D eigenvalue weighted by atomic mass is 79.9. The van der Waals surface area contributed by atoms with Gasteiger partial charge in [-0.1, -0.05) is 0 Å². The molecule has 1 saturated heterocycles. The summed E-state index contributed by atoms with van der Waals surface area (Å²) >= 11 is 6.63. The highest BCUT2D eigenvalue weighted by molar-refractivity contribution is 9.10. The standard InChI is InChI=1S/C14H13Br2N3O2/c15-10-1-2-12(17-9-10)18-4-6-19(7-5-18)14(20)11-3-8-21-13(11)16/h1-3,8-9H,4-7H2. The van der Waals surface area contributed by atoms with E-state index in [9.17, 15) is 4.79 Å². The molecule has 3 heterocycles. The van der Waals surface area contributed by atoms with Gasteiger partial charge in [0.1, 0.15) is 5.82 Å². The maximum Gasteiger partial charge on any atom is 0.258 e. The van der Waals surface area contributed by atoms with Gasteiger partial charge in [0.05, 0.1) is 11.8 Å². The zero-order chi connectivity index (χ0) is 14.8. The molecule has 21 heavy (non-hydrogen) atoms. The van der Waals surface area contributed by atoms with E-state index in [0.717, 1.165) is 23.4 Å². The molecule has 1 amide bonds. The molecular weight excluding hydrogens is 402 g/mol. The largest absolute Gasteiger partial charge is 0.457 e. The number of nitrogens with zero attached hydrogens (tertiary/aromatic N) is 3. The lowest BCUT2D eigenvalue weighted by Gasteiger charge is -2.35. The predicted octanol–water partition coefficient (Wildman–Crippen LogP) is 3.16. The molecule has 1 aliphatic heterocycles. The minimum atomic E-state index is -0.000889. The normalized spacial score (nSPS) is 15.3. The number of hydrogen-bond donors (Lipinski definition) is 0. The molecule has 1 aliphatic rings. The summed E-state index contributed by atoms with van der Waals surface area (Å²) in [4.78, 5) is 20.8. The first-order valence-corrected chi connectivity index (χ1v) is 8.12. The Kier molecular flexibility index (Phi) is 4.30. The molecule has 7 heteroatoms. The average molecular weight is 415 g/mol. The quantitative estimate of drug-likeness (QED) is 0.757. The minimum Gasteiger partial charge on any atom is -0.457 e. The lowest BCUT2D eigenvalue weighted by Crippen LogP contribution is -2.49. The molecule has 0 atom stereocenters. The maximum atomic E-state index is 12.4. The Labute approximate surface area is 139 Å². The van der Waals surface area contributed by atoms with Crippen LogP contribution in [0.2, 0.25) is 0 Å². The van der Waals surface area contributed by atoms with Crippen molar-refractivity contribution in [3.05, 3.63) is 45.4 Å². The molecule has 2 aromatic rings. The van der Waals surface area contributed by atoms with E-state index in [1.54, 1.807) is 12.3 Å². The number of carbonyl (C=O) groups is 1. The Morgan fingerprint density at radius 3 is 2.48 bits per heavy atom. The van der Waals surface area contributed by atoms with Crippen LogP contribution in [0.15, 0.2) is 44.2 Å². The van der Waals surface area contributed by atoms with Gasteiger partial charge < -0.3 is 14.2 Å². The number of aromatic nitrogens is 1. The smallest absolute Gasteiger partial charge is 0.258 e. The van der Waals surface area contributed by atoms with Crippen molar-refractivity contribution in [2.45, 2.75) is 0 Å². The number of halogens is 2. The third kappa shape index (κ3) is 3.13. The van der Waals surface area contributed by atoms with E-state index in [1.165, 1.54) is 6.26 Å². The van der Waals surface area contributed by atoms with Gasteiger partial charge in [-0.2, -0.15) is 0 Å². The fourth-order valence-electron chi connectivity index (χ4n) is 2.31. The predicted molar refractivity (Wildman–Crippen MR) is 86.5 cm³/mol. The van der Waals surface area contributed by atoms with Gasteiger partial charge in [-0.3, -0.25) is 4.79 Å². The van der Waals surface area contributed by atoms with Crippen LogP contribution in [0, 0.1) is 0 Å². The molecule has 5 nitrogen and oxygen atoms in total. The van der Waals surface area contributed by atoms with Crippen LogP contribution in [0.4, 0.5) is 5.82 Å². The molecule has 0 bridgehead atoms. The van der Waals surface area contributed by atoms with Gasteiger partial charge in [-0.25, -0.2) is 4.98 Å². The van der Waals surface area contributed by atoms with Crippen molar-refractivity contribution in [2.24, 2.45) is 0 Å². The van der Waals surface area contributed by atoms with Gasteiger partial charge in [0, 0.05) is 36.8 Å². The van der Waals surface area contributed by atoms with E-state index < -0.39 is 0 Å². The van der Waals surface area contributed by atoms with Gasteiger partial charge in [0.2, 0.25) is 0 Å². The van der Waals surface area contributed by atoms with Gasteiger partial charge >= 0.3 is 0 Å². The van der Waals surface area contributed by atoms with Crippen molar-refractivity contribution in [1.82, 2.24) is 9.88 Å². The molecule has 1 fully saturated rings. The Morgan fingerprint density at radius 2 is 1.90 bits per heavy atom. The van der Waals surface area contributed by atoms with Crippen molar-refractivity contribution in [3.63, 3.8) is 0 Å². The second kappa shape index (κ2) is 6.19. The van der Waals surface area contributed by atoms with E-state index in [2.05, 4.69) is 41.7 Å². The van der Waals surface area contributed by atoms with Crippen LogP contribution < -0.4 is 4.90 Å². The fraction of sp³-hybridized carbons (Fsp3) is 0.286. The first-order valence-electron chi connectivity index (χ1n) is 6.54. The third-order valence-electron chi connectivity index (χ3n) is 3.45. The van der Waals surface area contributed by atoms with Crippen LogP contribution in [-0.2, 0) is 0 Å². The van der Waals surface area contributed by atoms with Gasteiger partial charge in [0.15, 0.2) is 4.67 Å². The number of pyridine rings is 1. The fourth-order valence-corrected chi connectivity index (χ4v) is 2.95. The Bertz CT molecular complexity index is 634. The van der Waals surface area contributed by atoms with Crippen LogP contribution in [0.5, 0.6) is 0 Å². The SMILES string of the molecule is O=C(c1ccoc1Br)N1CCN(c2ccc(Br)cn2)CC1. The van der Waals surface area contributed by atoms with Crippen molar-refractivity contribution in [2.75, 3.05) is 31.1 Å². The average Bonchev–Trinajstić information content (AvgIpc) is 2.94. The second-order valence-electron chi connectivity index (χ2n) is 4.72. The van der Waals surface area contributed by atoms with Gasteiger partial charge in [-0.15, -0.1) is 0 Å². The van der Waals surface area contributed by atoms with Crippen LogP contribution in [-0.4, -0.2) is 42.0 Å². The van der Waals surface area contributed by atoms with Crippen LogP contribution in [0.25, 0.3) is 0 Å². The maximum absolute atomic E-state index is 12.4. The second-order valence-corrected chi connectivity index (χ2v) is 6.36. The lowest BCUT2D eigenvalue weighted by atomic mass is 10.2. The highest BCUT2D eigenvalue weighted by Crippen LogP contribution is 2.21. The Morgan fingerprint density at radius 1 is 1.14 bits per heavy atom. The van der Waals surface area contributed by atoms with Gasteiger partial charge in [0.25, 0.3) is 5.91 Å². The number of amides is 1. The number of carbonyl (C=O) groups excluding carboxylic acids is 1. The summed E-state index contributed by atoms with van der Waals surface area (Å²) in [6.07, 6.45) is 3.30. The summed E-state index contributed by atoms with van der Waals surface area (Å²) in [6.45, 7) is 2.90. The summed E-state index contributed by atoms with van der Waals surface area (Å²) in [6, 6.07) is 5.64. The molecule has 2 aromatic heterocycles. The third-order valence-corrected chi connectivity index (χ3v) is 4.53. The van der Waals surface area contributed by atoms with Crippen LogP contribution >= 0.6 is 31.9 Å². The van der Waals surface area contributed by atoms with Crippen molar-refractivity contribution in [3.8, 4) is 0 Å². The number of hydrogen-bond acceptors (Lipinski definition) is 4. The zero-order valence-corrected chi connectivity index (χ0v) is 14.3. The van der Waals surface area contributed by atoms with E-state index in [-0.39, 0.29) is 5.91 Å². The molecule has 0 radical (unpaired) electrons. The Balaban J connectivity index is 1.64. The molecule has 110 valence electrons. The molecule has 3 rings (SSSR count). The minimum absolute atomic E-state index is 0.000889. The van der Waals surface area contributed by atoms with Crippen molar-refractivity contribution >= 4 is 43.6 Å². The number of anilines is 1. The summed E-state index contributed by atoms with van der Waals surface area (Å²) in [5, 5.41) is 0. The zero-order valence-electron chi connectivity index (χ0n) is 11.1. The molecule has 0 aromatic carbocycles. The molecule has 0 spiro atoms. The van der Waals surface area contributed by atoms with Crippen molar-refractivity contribution < 1.29 is 9.21 Å². The highest BCUT2D eigenvalue weighted by Gasteiger charge is 2.25. The molecule has 0 aliphatic carbocycles. The molecule has 0 N–H and O–H groups in total. The summed E-state index contributed by atoms with van der Waals surface area (Å²) in [5.41, 5.74) is 0.574. The molecule has 0 saturated carbocycles. The van der Waals surface area contributed by atoms with E-state index in [0.29, 0.717) is 23.3 Å². The van der Waals surface area contributed by atoms with E-state index >= 15 is 0 Å². The van der Waals surface area contributed by atoms with Crippen LogP contribution in [0.3, 0.4) is 0 Å².